The molecule has 1 aliphatic heterocycles. The Morgan fingerprint density at radius 3 is 2.85 bits per heavy atom. The summed E-state index contributed by atoms with van der Waals surface area (Å²) in [4.78, 5) is 25.0. The van der Waals surface area contributed by atoms with Gasteiger partial charge in [0.05, 0.1) is 24.3 Å². The number of fused-ring (bicyclic) bond motifs is 1. The molecule has 4 N–H and O–H groups in total. The molecule has 0 radical (unpaired) electrons. The minimum Gasteiger partial charge on any atom is -0.397 e. The summed E-state index contributed by atoms with van der Waals surface area (Å²) in [5.74, 6) is -0.0680. The number of carbonyl (C=O) groups is 2. The molecule has 0 fully saturated rings. The largest absolute Gasteiger partial charge is 0.397 e. The van der Waals surface area contributed by atoms with E-state index in [1.165, 1.54) is 0 Å². The van der Waals surface area contributed by atoms with Crippen LogP contribution in [0, 0.1) is 0 Å². The Kier molecular flexibility index (Phi) is 4.12. The fraction of sp³-hybridized carbons (Fsp3) is 0.429. The molecular formula is C14H20N4O2. The first-order valence-electron chi connectivity index (χ1n) is 6.79. The smallest absolute Gasteiger partial charge is 0.239 e. The van der Waals surface area contributed by atoms with Crippen LogP contribution in [-0.4, -0.2) is 31.4 Å². The third-order valence-electron chi connectivity index (χ3n) is 3.31. The Morgan fingerprint density at radius 1 is 1.45 bits per heavy atom. The number of hydrogen-bond donors (Lipinski definition) is 3. The number of nitrogens with zero attached hydrogens (tertiary/aromatic N) is 1. The van der Waals surface area contributed by atoms with Crippen LogP contribution in [0.2, 0.25) is 0 Å². The van der Waals surface area contributed by atoms with Gasteiger partial charge < -0.3 is 21.3 Å². The first kappa shape index (κ1) is 14.2. The van der Waals surface area contributed by atoms with E-state index in [0.717, 1.165) is 16.9 Å². The number of nitrogens with two attached hydrogens (primary N) is 1. The maximum absolute atomic E-state index is 11.7. The first-order valence-corrected chi connectivity index (χ1v) is 6.79. The van der Waals surface area contributed by atoms with Gasteiger partial charge in [-0.1, -0.05) is 0 Å². The number of hydrogen-bond acceptors (Lipinski definition) is 4. The van der Waals surface area contributed by atoms with Crippen molar-refractivity contribution < 1.29 is 9.59 Å². The van der Waals surface area contributed by atoms with Gasteiger partial charge in [-0.25, -0.2) is 0 Å². The number of nitrogens with one attached hydrogen (secondary N) is 2. The van der Waals surface area contributed by atoms with Crippen LogP contribution < -0.4 is 21.3 Å². The highest BCUT2D eigenvalue weighted by molar-refractivity contribution is 6.01. The summed E-state index contributed by atoms with van der Waals surface area (Å²) >= 11 is 0. The van der Waals surface area contributed by atoms with Crippen molar-refractivity contribution in [3.05, 3.63) is 17.7 Å². The third kappa shape index (κ3) is 2.84. The highest BCUT2D eigenvalue weighted by Gasteiger charge is 2.21. The van der Waals surface area contributed by atoms with Crippen molar-refractivity contribution in [1.29, 1.82) is 0 Å². The lowest BCUT2D eigenvalue weighted by Crippen LogP contribution is -2.37. The predicted molar refractivity (Wildman–Crippen MR) is 79.8 cm³/mol. The topological polar surface area (TPSA) is 87.5 Å². The molecule has 0 bridgehead atoms. The van der Waals surface area contributed by atoms with E-state index in [9.17, 15) is 9.59 Å². The van der Waals surface area contributed by atoms with Gasteiger partial charge in [-0.2, -0.15) is 0 Å². The Hall–Kier alpha value is -2.24. The molecule has 2 amide bonds. The van der Waals surface area contributed by atoms with Crippen molar-refractivity contribution in [2.75, 3.05) is 35.6 Å². The maximum atomic E-state index is 11.7. The molecule has 1 aliphatic rings. The third-order valence-corrected chi connectivity index (χ3v) is 3.31. The minimum atomic E-state index is -0.0433. The number of carbonyl (C=O) groups excluding carboxylic acids is 2. The number of likely N-dealkylation sites (N-methyl/N-ethyl adjacent to an activating group) is 2. The van der Waals surface area contributed by atoms with E-state index < -0.39 is 0 Å². The van der Waals surface area contributed by atoms with Crippen molar-refractivity contribution in [2.45, 2.75) is 20.3 Å². The standard InChI is InChI=1S/C14H20N4O2/c1-3-16-14(20)8-18(4-2)12-7-11-9(5-10(12)15)6-13(19)17-11/h5,7H,3-4,6,8,15H2,1-2H3,(H,16,20)(H,17,19). The average Bonchev–Trinajstić information content (AvgIpc) is 2.74. The summed E-state index contributed by atoms with van der Waals surface area (Å²) in [7, 11) is 0. The van der Waals surface area contributed by atoms with E-state index in [1.807, 2.05) is 30.9 Å². The van der Waals surface area contributed by atoms with Gasteiger partial charge in [-0.15, -0.1) is 0 Å². The molecule has 0 aliphatic carbocycles. The minimum absolute atomic E-state index is 0.0247. The summed E-state index contributed by atoms with van der Waals surface area (Å²) in [6.45, 7) is 5.36. The van der Waals surface area contributed by atoms with Crippen LogP contribution in [0.1, 0.15) is 19.4 Å². The molecule has 1 heterocycles. The van der Waals surface area contributed by atoms with E-state index in [2.05, 4.69) is 10.6 Å². The lowest BCUT2D eigenvalue weighted by Gasteiger charge is -2.24. The maximum Gasteiger partial charge on any atom is 0.239 e. The molecule has 1 aromatic rings. The molecule has 0 spiro atoms. The first-order chi connectivity index (χ1) is 9.55. The van der Waals surface area contributed by atoms with Crippen LogP contribution in [0.15, 0.2) is 12.1 Å². The van der Waals surface area contributed by atoms with E-state index in [4.69, 9.17) is 5.73 Å². The zero-order valence-corrected chi connectivity index (χ0v) is 11.8. The SMILES string of the molecule is CCNC(=O)CN(CC)c1cc2c(cc1N)CC(=O)N2. The number of amides is 2. The molecule has 6 nitrogen and oxygen atoms in total. The Bertz CT molecular complexity index is 542. The van der Waals surface area contributed by atoms with Gasteiger partial charge in [0.2, 0.25) is 11.8 Å². The average molecular weight is 276 g/mol. The molecule has 2 rings (SSSR count). The zero-order chi connectivity index (χ0) is 14.7. The second-order valence-electron chi connectivity index (χ2n) is 4.76. The molecule has 0 unspecified atom stereocenters. The zero-order valence-electron chi connectivity index (χ0n) is 11.8. The second-order valence-corrected chi connectivity index (χ2v) is 4.76. The lowest BCUT2D eigenvalue weighted by atomic mass is 10.1. The number of nitrogen functional groups attached to an aromatic ring is 1. The quantitative estimate of drug-likeness (QED) is 0.692. The van der Waals surface area contributed by atoms with E-state index in [-0.39, 0.29) is 18.4 Å². The van der Waals surface area contributed by atoms with Gasteiger partial charge >= 0.3 is 0 Å². The van der Waals surface area contributed by atoms with Gasteiger partial charge in [0.1, 0.15) is 0 Å². The second kappa shape index (κ2) is 5.81. The van der Waals surface area contributed by atoms with Crippen LogP contribution in [0.25, 0.3) is 0 Å². The molecule has 108 valence electrons. The molecule has 0 aromatic heterocycles. The predicted octanol–water partition coefficient (Wildman–Crippen LogP) is 0.726. The summed E-state index contributed by atoms with van der Waals surface area (Å²) < 4.78 is 0. The number of rotatable bonds is 5. The molecule has 6 heteroatoms. The van der Waals surface area contributed by atoms with Gasteiger partial charge in [0, 0.05) is 18.8 Å². The van der Waals surface area contributed by atoms with Gasteiger partial charge in [0.15, 0.2) is 0 Å². The molecule has 20 heavy (non-hydrogen) atoms. The summed E-state index contributed by atoms with van der Waals surface area (Å²) in [6, 6.07) is 3.65. The summed E-state index contributed by atoms with van der Waals surface area (Å²) in [5.41, 5.74) is 9.11. The molecule has 0 saturated heterocycles. The van der Waals surface area contributed by atoms with E-state index in [0.29, 0.717) is 25.2 Å². The van der Waals surface area contributed by atoms with Crippen molar-refractivity contribution in [3.8, 4) is 0 Å². The number of benzene rings is 1. The van der Waals surface area contributed by atoms with Gasteiger partial charge in [0.25, 0.3) is 0 Å². The highest BCUT2D eigenvalue weighted by Crippen LogP contribution is 2.33. The van der Waals surface area contributed by atoms with Gasteiger partial charge in [-0.3, -0.25) is 9.59 Å². The Labute approximate surface area is 118 Å². The molecule has 0 atom stereocenters. The van der Waals surface area contributed by atoms with Crippen molar-refractivity contribution in [3.63, 3.8) is 0 Å². The van der Waals surface area contributed by atoms with Crippen LogP contribution in [-0.2, 0) is 16.0 Å². The molecule has 1 aromatic carbocycles. The van der Waals surface area contributed by atoms with Crippen LogP contribution in [0.3, 0.4) is 0 Å². The van der Waals surface area contributed by atoms with Gasteiger partial charge in [-0.05, 0) is 31.5 Å². The Balaban J connectivity index is 2.24. The lowest BCUT2D eigenvalue weighted by molar-refractivity contribution is -0.119. The summed E-state index contributed by atoms with van der Waals surface area (Å²) in [5, 5.41) is 5.57. The Morgan fingerprint density at radius 2 is 2.20 bits per heavy atom. The molecule has 0 saturated carbocycles. The number of anilines is 3. The normalized spacial score (nSPS) is 12.8. The van der Waals surface area contributed by atoms with Crippen LogP contribution in [0.5, 0.6) is 0 Å². The van der Waals surface area contributed by atoms with Crippen molar-refractivity contribution >= 4 is 28.9 Å². The van der Waals surface area contributed by atoms with E-state index >= 15 is 0 Å². The summed E-state index contributed by atoms with van der Waals surface area (Å²) in [6.07, 6.45) is 0.363. The van der Waals surface area contributed by atoms with E-state index in [1.54, 1.807) is 0 Å². The highest BCUT2D eigenvalue weighted by atomic mass is 16.2. The fourth-order valence-electron chi connectivity index (χ4n) is 2.35. The fourth-order valence-corrected chi connectivity index (χ4v) is 2.35. The van der Waals surface area contributed by atoms with Crippen LogP contribution in [0.4, 0.5) is 17.1 Å². The van der Waals surface area contributed by atoms with Crippen molar-refractivity contribution in [2.24, 2.45) is 0 Å². The molecular weight excluding hydrogens is 256 g/mol. The monoisotopic (exact) mass is 276 g/mol. The van der Waals surface area contributed by atoms with Crippen LogP contribution >= 0.6 is 0 Å². The van der Waals surface area contributed by atoms with Crippen molar-refractivity contribution in [1.82, 2.24) is 5.32 Å².